The lowest BCUT2D eigenvalue weighted by molar-refractivity contribution is -0.129. The van der Waals surface area contributed by atoms with Gasteiger partial charge in [-0.2, -0.15) is 5.10 Å². The summed E-state index contributed by atoms with van der Waals surface area (Å²) in [6.07, 6.45) is 0.187. The molecule has 126 valence electrons. The Morgan fingerprint density at radius 2 is 1.86 bits per heavy atom. The standard InChI is InChI=1S/C13H24N4O5/c1-6-7-8(15-12(21)22-13(2,3)4)9(10(18)19)16-17-11(20)14-5/h8H,6-7H2,1-5H3,(H,15,21)(H,18,19)(H2,14,17,20)/b16-9-. The first-order chi connectivity index (χ1) is 10.1. The van der Waals surface area contributed by atoms with Crippen LogP contribution in [-0.4, -0.2) is 47.6 Å². The predicted molar refractivity (Wildman–Crippen MR) is 80.7 cm³/mol. The van der Waals surface area contributed by atoms with Gasteiger partial charge >= 0.3 is 18.1 Å². The lowest BCUT2D eigenvalue weighted by Gasteiger charge is -2.23. The van der Waals surface area contributed by atoms with Crippen molar-refractivity contribution < 1.29 is 24.2 Å². The van der Waals surface area contributed by atoms with Gasteiger partial charge in [0, 0.05) is 7.05 Å². The van der Waals surface area contributed by atoms with Crippen molar-refractivity contribution in [2.24, 2.45) is 5.10 Å². The van der Waals surface area contributed by atoms with Gasteiger partial charge in [0.05, 0.1) is 6.04 Å². The largest absolute Gasteiger partial charge is 0.477 e. The van der Waals surface area contributed by atoms with Gasteiger partial charge in [-0.1, -0.05) is 13.3 Å². The first kappa shape index (κ1) is 19.7. The minimum atomic E-state index is -1.34. The Morgan fingerprint density at radius 3 is 2.27 bits per heavy atom. The Morgan fingerprint density at radius 1 is 1.27 bits per heavy atom. The summed E-state index contributed by atoms with van der Waals surface area (Å²) in [5, 5.41) is 17.4. The van der Waals surface area contributed by atoms with E-state index in [0.717, 1.165) is 0 Å². The number of hydrazone groups is 1. The number of aliphatic carboxylic acids is 1. The highest BCUT2D eigenvalue weighted by molar-refractivity contribution is 6.38. The summed E-state index contributed by atoms with van der Waals surface area (Å²) in [4.78, 5) is 34.2. The first-order valence-corrected chi connectivity index (χ1v) is 6.88. The predicted octanol–water partition coefficient (Wildman–Crippen LogP) is 1.05. The summed E-state index contributed by atoms with van der Waals surface area (Å²) in [7, 11) is 1.37. The van der Waals surface area contributed by atoms with Crippen molar-refractivity contribution >= 4 is 23.8 Å². The van der Waals surface area contributed by atoms with Crippen LogP contribution in [0.2, 0.25) is 0 Å². The highest BCUT2D eigenvalue weighted by Gasteiger charge is 2.26. The number of carbonyl (C=O) groups is 3. The Hall–Kier alpha value is -2.32. The Kier molecular flexibility index (Phi) is 7.92. The Labute approximate surface area is 129 Å². The molecule has 9 nitrogen and oxygen atoms in total. The van der Waals surface area contributed by atoms with Crippen molar-refractivity contribution in [3.05, 3.63) is 0 Å². The van der Waals surface area contributed by atoms with E-state index in [1.807, 2.05) is 12.3 Å². The maximum absolute atomic E-state index is 11.8. The molecule has 0 radical (unpaired) electrons. The van der Waals surface area contributed by atoms with Gasteiger partial charge in [-0.3, -0.25) is 0 Å². The lowest BCUT2D eigenvalue weighted by Crippen LogP contribution is -2.47. The number of nitrogens with zero attached hydrogens (tertiary/aromatic N) is 1. The molecule has 0 heterocycles. The molecular weight excluding hydrogens is 292 g/mol. The molecule has 0 aromatic carbocycles. The molecule has 0 saturated carbocycles. The van der Waals surface area contributed by atoms with Crippen LogP contribution >= 0.6 is 0 Å². The minimum Gasteiger partial charge on any atom is -0.477 e. The van der Waals surface area contributed by atoms with Gasteiger partial charge in [0.15, 0.2) is 5.71 Å². The molecule has 0 spiro atoms. The van der Waals surface area contributed by atoms with Crippen LogP contribution in [0.15, 0.2) is 5.10 Å². The number of hydrogen-bond acceptors (Lipinski definition) is 5. The summed E-state index contributed by atoms with van der Waals surface area (Å²) >= 11 is 0. The third kappa shape index (κ3) is 8.08. The fraction of sp³-hybridized carbons (Fsp3) is 0.692. The highest BCUT2D eigenvalue weighted by atomic mass is 16.6. The number of hydrogen-bond donors (Lipinski definition) is 4. The molecular formula is C13H24N4O5. The van der Waals surface area contributed by atoms with Gasteiger partial charge in [0.1, 0.15) is 5.60 Å². The van der Waals surface area contributed by atoms with Crippen LogP contribution < -0.4 is 16.1 Å². The number of ether oxygens (including phenoxy) is 1. The van der Waals surface area contributed by atoms with E-state index in [-0.39, 0.29) is 5.71 Å². The summed E-state index contributed by atoms with van der Waals surface area (Å²) in [5.41, 5.74) is 0.954. The smallest absolute Gasteiger partial charge is 0.408 e. The molecule has 9 heteroatoms. The van der Waals surface area contributed by atoms with E-state index in [4.69, 9.17) is 4.74 Å². The second kappa shape index (κ2) is 8.85. The summed E-state index contributed by atoms with van der Waals surface area (Å²) in [6, 6.07) is -1.54. The number of carbonyl (C=O) groups excluding carboxylic acids is 2. The monoisotopic (exact) mass is 316 g/mol. The van der Waals surface area contributed by atoms with Crippen LogP contribution in [0.4, 0.5) is 9.59 Å². The van der Waals surface area contributed by atoms with Gasteiger partial charge < -0.3 is 20.5 Å². The van der Waals surface area contributed by atoms with Crippen molar-refractivity contribution in [1.82, 2.24) is 16.1 Å². The second-order valence-corrected chi connectivity index (χ2v) is 5.48. The quantitative estimate of drug-likeness (QED) is 0.430. The molecule has 4 N–H and O–H groups in total. The zero-order valence-electron chi connectivity index (χ0n) is 13.5. The van der Waals surface area contributed by atoms with Gasteiger partial charge in [-0.05, 0) is 27.2 Å². The van der Waals surface area contributed by atoms with E-state index in [1.54, 1.807) is 20.8 Å². The number of carboxylic acids is 1. The van der Waals surface area contributed by atoms with Gasteiger partial charge in [-0.25, -0.2) is 19.8 Å². The third-order valence-electron chi connectivity index (χ3n) is 2.32. The number of carboxylic acid groups (broad SMARTS) is 1. The van der Waals surface area contributed by atoms with Gasteiger partial charge in [0.2, 0.25) is 0 Å². The lowest BCUT2D eigenvalue weighted by atomic mass is 10.1. The molecule has 1 unspecified atom stereocenters. The van der Waals surface area contributed by atoms with E-state index >= 15 is 0 Å². The van der Waals surface area contributed by atoms with Crippen molar-refractivity contribution in [2.45, 2.75) is 52.2 Å². The summed E-state index contributed by atoms with van der Waals surface area (Å²) < 4.78 is 5.09. The zero-order valence-corrected chi connectivity index (χ0v) is 13.5. The zero-order chi connectivity index (χ0) is 17.3. The van der Waals surface area contributed by atoms with Crippen LogP contribution in [0, 0.1) is 0 Å². The number of alkyl carbamates (subject to hydrolysis) is 1. The van der Waals surface area contributed by atoms with E-state index in [0.29, 0.717) is 12.8 Å². The van der Waals surface area contributed by atoms with E-state index in [1.165, 1.54) is 7.05 Å². The molecule has 0 aliphatic carbocycles. The molecule has 0 bridgehead atoms. The maximum atomic E-state index is 11.8. The second-order valence-electron chi connectivity index (χ2n) is 5.48. The number of nitrogens with one attached hydrogen (secondary N) is 3. The molecule has 0 aliphatic rings. The summed E-state index contributed by atoms with van der Waals surface area (Å²) in [6.45, 7) is 6.91. The maximum Gasteiger partial charge on any atom is 0.408 e. The molecule has 0 aliphatic heterocycles. The average molecular weight is 316 g/mol. The molecule has 0 fully saturated rings. The van der Waals surface area contributed by atoms with Crippen LogP contribution in [0.25, 0.3) is 0 Å². The average Bonchev–Trinajstić information content (AvgIpc) is 2.35. The van der Waals surface area contributed by atoms with Crippen molar-refractivity contribution in [3.8, 4) is 0 Å². The fourth-order valence-corrected chi connectivity index (χ4v) is 1.46. The molecule has 3 amide bonds. The van der Waals surface area contributed by atoms with E-state index < -0.39 is 29.7 Å². The first-order valence-electron chi connectivity index (χ1n) is 6.88. The van der Waals surface area contributed by atoms with Gasteiger partial charge in [-0.15, -0.1) is 0 Å². The van der Waals surface area contributed by atoms with Crippen LogP contribution in [0.5, 0.6) is 0 Å². The normalized spacial score (nSPS) is 13.0. The molecule has 0 aromatic heterocycles. The van der Waals surface area contributed by atoms with Crippen molar-refractivity contribution in [1.29, 1.82) is 0 Å². The Balaban J connectivity index is 5.10. The number of amides is 3. The summed E-state index contributed by atoms with van der Waals surface area (Å²) in [5.74, 6) is -1.34. The van der Waals surface area contributed by atoms with Crippen LogP contribution in [0.3, 0.4) is 0 Å². The molecule has 0 saturated heterocycles. The van der Waals surface area contributed by atoms with Crippen molar-refractivity contribution in [2.75, 3.05) is 7.05 Å². The SMILES string of the molecule is CCCC(NC(=O)OC(C)(C)C)/C(=N/NC(=O)NC)C(=O)O. The van der Waals surface area contributed by atoms with Crippen LogP contribution in [-0.2, 0) is 9.53 Å². The van der Waals surface area contributed by atoms with Crippen LogP contribution in [0.1, 0.15) is 40.5 Å². The topological polar surface area (TPSA) is 129 Å². The molecule has 1 atom stereocenters. The van der Waals surface area contributed by atoms with E-state index in [2.05, 4.69) is 15.7 Å². The number of urea groups is 1. The third-order valence-corrected chi connectivity index (χ3v) is 2.32. The highest BCUT2D eigenvalue weighted by Crippen LogP contribution is 2.08. The molecule has 0 rings (SSSR count). The van der Waals surface area contributed by atoms with E-state index in [9.17, 15) is 19.5 Å². The van der Waals surface area contributed by atoms with Crippen molar-refractivity contribution in [3.63, 3.8) is 0 Å². The molecule has 0 aromatic rings. The Bertz CT molecular complexity index is 442. The molecule has 22 heavy (non-hydrogen) atoms. The van der Waals surface area contributed by atoms with Gasteiger partial charge in [0.25, 0.3) is 0 Å². The minimum absolute atomic E-state index is 0.333. The fourth-order valence-electron chi connectivity index (χ4n) is 1.46. The number of rotatable bonds is 6.